The van der Waals surface area contributed by atoms with Crippen molar-refractivity contribution in [2.24, 2.45) is 0 Å². The molecule has 0 aliphatic rings. The van der Waals surface area contributed by atoms with Crippen molar-refractivity contribution in [3.8, 4) is 11.5 Å². The zero-order valence-corrected chi connectivity index (χ0v) is 17.6. The van der Waals surface area contributed by atoms with Crippen molar-refractivity contribution in [3.63, 3.8) is 0 Å². The molecule has 0 aliphatic heterocycles. The number of hydrogen-bond acceptors (Lipinski definition) is 7. The highest BCUT2D eigenvalue weighted by atomic mass is 35.5. The summed E-state index contributed by atoms with van der Waals surface area (Å²) in [5, 5.41) is 13.9. The maximum atomic E-state index is 12.5. The number of carbonyl (C=O) groups is 2. The molecule has 2 aromatic carbocycles. The van der Waals surface area contributed by atoms with Crippen LogP contribution < -0.4 is 14.8 Å². The Kier molecular flexibility index (Phi) is 7.23. The molecule has 0 heterocycles. The summed E-state index contributed by atoms with van der Waals surface area (Å²) in [6, 6.07) is 10.2. The van der Waals surface area contributed by atoms with Crippen LogP contribution in [-0.2, 0) is 14.3 Å². The van der Waals surface area contributed by atoms with Gasteiger partial charge < -0.3 is 19.5 Å². The lowest BCUT2D eigenvalue weighted by molar-refractivity contribution is -0.384. The van der Waals surface area contributed by atoms with Gasteiger partial charge in [-0.2, -0.15) is 0 Å². The summed E-state index contributed by atoms with van der Waals surface area (Å²) >= 11 is 5.83. The van der Waals surface area contributed by atoms with Gasteiger partial charge in [-0.1, -0.05) is 11.6 Å². The van der Waals surface area contributed by atoms with Gasteiger partial charge in [0.2, 0.25) is 0 Å². The first-order valence-corrected chi connectivity index (χ1v) is 9.20. The third kappa shape index (κ3) is 5.84. The molecular weight excluding hydrogens is 416 g/mol. The first-order valence-electron chi connectivity index (χ1n) is 8.82. The topological polar surface area (TPSA) is 117 Å². The predicted molar refractivity (Wildman–Crippen MR) is 110 cm³/mol. The number of carbonyl (C=O) groups excluding carboxylic acids is 2. The smallest absolute Gasteiger partial charge is 0.350 e. The van der Waals surface area contributed by atoms with E-state index in [9.17, 15) is 19.7 Å². The Morgan fingerprint density at radius 1 is 1.17 bits per heavy atom. The maximum absolute atomic E-state index is 12.5. The van der Waals surface area contributed by atoms with E-state index in [2.05, 4.69) is 5.32 Å². The van der Waals surface area contributed by atoms with Gasteiger partial charge in [0.1, 0.15) is 11.5 Å². The highest BCUT2D eigenvalue weighted by Gasteiger charge is 2.34. The Bertz CT molecular complexity index is 945. The van der Waals surface area contributed by atoms with Gasteiger partial charge in [-0.15, -0.1) is 0 Å². The lowest BCUT2D eigenvalue weighted by atomic mass is 10.1. The molecule has 160 valence electrons. The molecule has 1 unspecified atom stereocenters. The number of benzene rings is 2. The minimum absolute atomic E-state index is 0.0799. The Labute approximate surface area is 178 Å². The molecule has 0 saturated heterocycles. The van der Waals surface area contributed by atoms with Crippen LogP contribution in [0.5, 0.6) is 11.5 Å². The van der Waals surface area contributed by atoms with E-state index in [1.807, 2.05) is 0 Å². The molecule has 0 aliphatic carbocycles. The van der Waals surface area contributed by atoms with E-state index < -0.39 is 28.5 Å². The molecule has 0 fully saturated rings. The molecule has 2 aromatic rings. The van der Waals surface area contributed by atoms with E-state index in [0.29, 0.717) is 10.8 Å². The molecule has 0 bridgehead atoms. The van der Waals surface area contributed by atoms with E-state index >= 15 is 0 Å². The van der Waals surface area contributed by atoms with Crippen molar-refractivity contribution in [1.82, 2.24) is 0 Å². The fraction of sp³-hybridized carbons (Fsp3) is 0.300. The van der Waals surface area contributed by atoms with Crippen molar-refractivity contribution in [2.45, 2.75) is 32.5 Å². The van der Waals surface area contributed by atoms with Crippen LogP contribution in [0.15, 0.2) is 42.5 Å². The third-order valence-corrected chi connectivity index (χ3v) is 4.23. The number of nitro groups is 1. The molecule has 10 heteroatoms. The Balaban J connectivity index is 2.05. The average molecular weight is 437 g/mol. The number of methoxy groups -OCH3 is 1. The number of anilines is 1. The van der Waals surface area contributed by atoms with Crippen molar-refractivity contribution in [2.75, 3.05) is 12.4 Å². The predicted octanol–water partition coefficient (Wildman–Crippen LogP) is 3.98. The zero-order valence-electron chi connectivity index (χ0n) is 16.8. The van der Waals surface area contributed by atoms with Gasteiger partial charge in [0.25, 0.3) is 11.6 Å². The molecule has 1 amide bonds. The van der Waals surface area contributed by atoms with Gasteiger partial charge in [-0.05, 0) is 51.1 Å². The van der Waals surface area contributed by atoms with Crippen LogP contribution in [0.2, 0.25) is 5.02 Å². The Morgan fingerprint density at radius 3 is 2.37 bits per heavy atom. The van der Waals surface area contributed by atoms with Gasteiger partial charge in [0, 0.05) is 17.2 Å². The van der Waals surface area contributed by atoms with Crippen LogP contribution in [0, 0.1) is 10.1 Å². The SMILES string of the molecule is COc1ccc([N+](=O)[O-])cc1NC(=O)C(C)OC(=O)C(C)(C)Oc1ccc(Cl)cc1. The Hall–Kier alpha value is -3.33. The second-order valence-corrected chi connectivity index (χ2v) is 7.18. The molecule has 0 saturated carbocycles. The highest BCUT2D eigenvalue weighted by Crippen LogP contribution is 2.29. The maximum Gasteiger partial charge on any atom is 0.350 e. The number of nitrogens with one attached hydrogen (secondary N) is 1. The van der Waals surface area contributed by atoms with Crippen molar-refractivity contribution in [1.29, 1.82) is 0 Å². The van der Waals surface area contributed by atoms with Crippen LogP contribution in [-0.4, -0.2) is 35.6 Å². The number of ether oxygens (including phenoxy) is 3. The summed E-state index contributed by atoms with van der Waals surface area (Å²) < 4.78 is 16.0. The zero-order chi connectivity index (χ0) is 22.5. The minimum Gasteiger partial charge on any atom is -0.495 e. The molecular formula is C20H21ClN2O7. The number of amides is 1. The summed E-state index contributed by atoms with van der Waals surface area (Å²) in [4.78, 5) is 35.3. The van der Waals surface area contributed by atoms with E-state index in [4.69, 9.17) is 25.8 Å². The standard InChI is InChI=1S/C20H21ClN2O7/c1-12(18(24)22-16-11-14(23(26)27)7-10-17(16)28-4)29-19(25)20(2,3)30-15-8-5-13(21)6-9-15/h5-12H,1-4H3,(H,22,24). The normalized spacial score (nSPS) is 11.9. The quantitative estimate of drug-likeness (QED) is 0.377. The van der Waals surface area contributed by atoms with Gasteiger partial charge >= 0.3 is 5.97 Å². The molecule has 0 radical (unpaired) electrons. The monoisotopic (exact) mass is 436 g/mol. The lowest BCUT2D eigenvalue weighted by Crippen LogP contribution is -2.43. The molecule has 2 rings (SSSR count). The largest absolute Gasteiger partial charge is 0.495 e. The summed E-state index contributed by atoms with van der Waals surface area (Å²) in [5.74, 6) is -0.839. The van der Waals surface area contributed by atoms with Crippen molar-refractivity contribution < 1.29 is 28.7 Å². The van der Waals surface area contributed by atoms with Crippen LogP contribution in [0.1, 0.15) is 20.8 Å². The molecule has 0 spiro atoms. The fourth-order valence-corrected chi connectivity index (χ4v) is 2.46. The number of esters is 1. The lowest BCUT2D eigenvalue weighted by Gasteiger charge is -2.26. The first-order chi connectivity index (χ1) is 14.0. The van der Waals surface area contributed by atoms with Crippen LogP contribution >= 0.6 is 11.6 Å². The van der Waals surface area contributed by atoms with Crippen molar-refractivity contribution in [3.05, 3.63) is 57.6 Å². The molecule has 0 aromatic heterocycles. The third-order valence-electron chi connectivity index (χ3n) is 3.98. The summed E-state index contributed by atoms with van der Waals surface area (Å²) in [7, 11) is 1.36. The average Bonchev–Trinajstić information content (AvgIpc) is 2.69. The number of nitro benzene ring substituents is 1. The van der Waals surface area contributed by atoms with E-state index in [1.54, 1.807) is 24.3 Å². The highest BCUT2D eigenvalue weighted by molar-refractivity contribution is 6.30. The molecule has 30 heavy (non-hydrogen) atoms. The van der Waals surface area contributed by atoms with Crippen LogP contribution in [0.25, 0.3) is 0 Å². The second-order valence-electron chi connectivity index (χ2n) is 6.74. The first kappa shape index (κ1) is 23.0. The minimum atomic E-state index is -1.38. The second kappa shape index (κ2) is 9.45. The number of non-ortho nitro benzene ring substituents is 1. The number of rotatable bonds is 8. The number of halogens is 1. The summed E-state index contributed by atoms with van der Waals surface area (Å²) in [6.07, 6.45) is -1.20. The van der Waals surface area contributed by atoms with Gasteiger partial charge in [0.15, 0.2) is 11.7 Å². The van der Waals surface area contributed by atoms with Gasteiger partial charge in [0.05, 0.1) is 17.7 Å². The number of nitrogens with zero attached hydrogens (tertiary/aromatic N) is 1. The van der Waals surface area contributed by atoms with Crippen molar-refractivity contribution >= 4 is 34.9 Å². The van der Waals surface area contributed by atoms with Crippen LogP contribution in [0.3, 0.4) is 0 Å². The van der Waals surface area contributed by atoms with Crippen LogP contribution in [0.4, 0.5) is 11.4 Å². The summed E-state index contributed by atoms with van der Waals surface area (Å²) in [5.41, 5.74) is -1.53. The van der Waals surface area contributed by atoms with E-state index in [-0.39, 0.29) is 17.1 Å². The Morgan fingerprint density at radius 2 is 1.80 bits per heavy atom. The van der Waals surface area contributed by atoms with Gasteiger partial charge in [-0.25, -0.2) is 4.79 Å². The van der Waals surface area contributed by atoms with E-state index in [0.717, 1.165) is 6.07 Å². The number of hydrogen-bond donors (Lipinski definition) is 1. The molecule has 9 nitrogen and oxygen atoms in total. The molecule has 1 atom stereocenters. The summed E-state index contributed by atoms with van der Waals surface area (Å²) in [6.45, 7) is 4.37. The van der Waals surface area contributed by atoms with E-state index in [1.165, 1.54) is 40.0 Å². The molecule has 1 N–H and O–H groups in total. The fourth-order valence-electron chi connectivity index (χ4n) is 2.34. The van der Waals surface area contributed by atoms with Gasteiger partial charge in [-0.3, -0.25) is 14.9 Å².